The molecule has 0 spiro atoms. The van der Waals surface area contributed by atoms with Gasteiger partial charge in [-0.25, -0.2) is 0 Å². The van der Waals surface area contributed by atoms with E-state index in [0.29, 0.717) is 30.3 Å². The molecule has 2 aromatic heterocycles. The molecule has 0 aliphatic heterocycles. The average molecular weight is 395 g/mol. The Morgan fingerprint density at radius 2 is 2.14 bits per heavy atom. The molecule has 144 valence electrons. The number of carbonyl (C=O) groups excluding carboxylic acids is 1. The molecule has 1 aromatic carbocycles. The monoisotopic (exact) mass is 395 g/mol. The topological polar surface area (TPSA) is 84.8 Å². The summed E-state index contributed by atoms with van der Waals surface area (Å²) in [5, 5.41) is 9.64. The smallest absolute Gasteiger partial charge is 0.244 e. The molecule has 0 radical (unpaired) electrons. The predicted octanol–water partition coefficient (Wildman–Crippen LogP) is 3.26. The molecule has 2 N–H and O–H groups in total. The van der Waals surface area contributed by atoms with Gasteiger partial charge in [0.25, 0.3) is 0 Å². The lowest BCUT2D eigenvalue weighted by atomic mass is 10.2. The molecule has 3 aromatic rings. The number of pyridine rings is 1. The third-order valence-electron chi connectivity index (χ3n) is 4.01. The van der Waals surface area contributed by atoms with Gasteiger partial charge in [-0.1, -0.05) is 18.2 Å². The lowest BCUT2D eigenvalue weighted by Gasteiger charge is -2.06. The van der Waals surface area contributed by atoms with Crippen LogP contribution in [0.1, 0.15) is 23.9 Å². The molecule has 0 aliphatic carbocycles. The summed E-state index contributed by atoms with van der Waals surface area (Å²) < 4.78 is 8.11. The van der Waals surface area contributed by atoms with Gasteiger partial charge in [0.15, 0.2) is 10.6 Å². The highest BCUT2D eigenvalue weighted by molar-refractivity contribution is 7.71. The minimum absolute atomic E-state index is 0.200. The number of aromatic nitrogens is 4. The number of rotatable bonds is 8. The Kier molecular flexibility index (Phi) is 6.69. The zero-order valence-corrected chi connectivity index (χ0v) is 16.3. The molecule has 2 heterocycles. The minimum Gasteiger partial charge on any atom is -0.489 e. The fraction of sp³-hybridized carbons (Fsp3) is 0.200. The fourth-order valence-corrected chi connectivity index (χ4v) is 2.81. The van der Waals surface area contributed by atoms with E-state index in [1.165, 1.54) is 6.08 Å². The van der Waals surface area contributed by atoms with Crippen molar-refractivity contribution in [3.63, 3.8) is 0 Å². The van der Waals surface area contributed by atoms with Gasteiger partial charge in [0.1, 0.15) is 12.4 Å². The third kappa shape index (κ3) is 5.37. The molecule has 3 rings (SSSR count). The second-order valence-corrected chi connectivity index (χ2v) is 6.35. The number of ether oxygens (including phenoxy) is 1. The SMILES string of the molecule is CCn1c(CNC(=O)/C=C/c2ccc(OCc3cccnc3)cc2)n[nH]c1=S. The normalized spacial score (nSPS) is 10.9. The minimum atomic E-state index is -0.200. The van der Waals surface area contributed by atoms with Crippen molar-refractivity contribution in [2.24, 2.45) is 0 Å². The van der Waals surface area contributed by atoms with Gasteiger partial charge in [-0.15, -0.1) is 0 Å². The van der Waals surface area contributed by atoms with E-state index in [-0.39, 0.29) is 5.91 Å². The van der Waals surface area contributed by atoms with Crippen molar-refractivity contribution in [1.29, 1.82) is 0 Å². The van der Waals surface area contributed by atoms with Gasteiger partial charge in [-0.3, -0.25) is 14.9 Å². The van der Waals surface area contributed by atoms with Crippen LogP contribution in [0.25, 0.3) is 6.08 Å². The molecule has 7 nitrogen and oxygen atoms in total. The van der Waals surface area contributed by atoms with Crippen molar-refractivity contribution < 1.29 is 9.53 Å². The largest absolute Gasteiger partial charge is 0.489 e. The van der Waals surface area contributed by atoms with Crippen molar-refractivity contribution >= 4 is 24.2 Å². The summed E-state index contributed by atoms with van der Waals surface area (Å²) in [6.45, 7) is 3.44. The maximum atomic E-state index is 12.0. The van der Waals surface area contributed by atoms with Crippen LogP contribution in [0.5, 0.6) is 5.75 Å². The lowest BCUT2D eigenvalue weighted by molar-refractivity contribution is -0.116. The van der Waals surface area contributed by atoms with E-state index in [1.54, 1.807) is 18.5 Å². The first-order valence-corrected chi connectivity index (χ1v) is 9.28. The van der Waals surface area contributed by atoms with Crippen molar-refractivity contribution in [1.82, 2.24) is 25.1 Å². The van der Waals surface area contributed by atoms with Gasteiger partial charge < -0.3 is 14.6 Å². The zero-order valence-electron chi connectivity index (χ0n) is 15.5. The van der Waals surface area contributed by atoms with E-state index in [0.717, 1.165) is 16.9 Å². The quantitative estimate of drug-likeness (QED) is 0.452. The molecule has 0 unspecified atom stereocenters. The first-order chi connectivity index (χ1) is 13.7. The van der Waals surface area contributed by atoms with Crippen LogP contribution in [-0.2, 0) is 24.5 Å². The van der Waals surface area contributed by atoms with Crippen LogP contribution in [0.4, 0.5) is 0 Å². The Labute approximate surface area is 168 Å². The number of hydrogen-bond acceptors (Lipinski definition) is 5. The van der Waals surface area contributed by atoms with Gasteiger partial charge in [-0.2, -0.15) is 5.10 Å². The fourth-order valence-electron chi connectivity index (χ4n) is 2.53. The second kappa shape index (κ2) is 9.61. The maximum absolute atomic E-state index is 12.0. The van der Waals surface area contributed by atoms with Gasteiger partial charge in [0.05, 0.1) is 6.54 Å². The maximum Gasteiger partial charge on any atom is 0.244 e. The number of nitrogens with one attached hydrogen (secondary N) is 2. The molecule has 28 heavy (non-hydrogen) atoms. The van der Waals surface area contributed by atoms with Crippen LogP contribution < -0.4 is 10.1 Å². The summed E-state index contributed by atoms with van der Waals surface area (Å²) in [6, 6.07) is 11.4. The molecule has 0 saturated heterocycles. The number of carbonyl (C=O) groups is 1. The average Bonchev–Trinajstić information content (AvgIpc) is 3.10. The van der Waals surface area contributed by atoms with Crippen LogP contribution in [0, 0.1) is 4.77 Å². The number of hydrogen-bond donors (Lipinski definition) is 2. The highest BCUT2D eigenvalue weighted by Gasteiger charge is 2.05. The van der Waals surface area contributed by atoms with Gasteiger partial charge in [0, 0.05) is 30.6 Å². The standard InChI is InChI=1S/C20H21N5O2S/c1-2-25-18(23-24-20(25)28)13-22-19(26)10-7-15-5-8-17(9-6-15)27-14-16-4-3-11-21-12-16/h3-12H,2,13-14H2,1H3,(H,22,26)(H,24,28)/b10-7+. The van der Waals surface area contributed by atoms with E-state index in [4.69, 9.17) is 17.0 Å². The molecular weight excluding hydrogens is 374 g/mol. The van der Waals surface area contributed by atoms with Crippen molar-refractivity contribution in [2.75, 3.05) is 0 Å². The first-order valence-electron chi connectivity index (χ1n) is 8.87. The van der Waals surface area contributed by atoms with Crippen LogP contribution >= 0.6 is 12.2 Å². The van der Waals surface area contributed by atoms with Crippen molar-refractivity contribution in [2.45, 2.75) is 26.6 Å². The molecule has 0 aliphatic rings. The molecule has 0 bridgehead atoms. The van der Waals surface area contributed by atoms with Crippen LogP contribution in [0.3, 0.4) is 0 Å². The van der Waals surface area contributed by atoms with E-state index in [1.807, 2.05) is 47.9 Å². The second-order valence-electron chi connectivity index (χ2n) is 5.96. The zero-order chi connectivity index (χ0) is 19.8. The summed E-state index contributed by atoms with van der Waals surface area (Å²) in [4.78, 5) is 16.1. The molecular formula is C20H21N5O2S. The summed E-state index contributed by atoms with van der Waals surface area (Å²) in [7, 11) is 0. The van der Waals surface area contributed by atoms with Gasteiger partial charge in [0.2, 0.25) is 5.91 Å². The van der Waals surface area contributed by atoms with Gasteiger partial charge >= 0.3 is 0 Å². The van der Waals surface area contributed by atoms with E-state index < -0.39 is 0 Å². The molecule has 0 fully saturated rings. The van der Waals surface area contributed by atoms with Crippen molar-refractivity contribution in [3.05, 3.63) is 76.6 Å². The summed E-state index contributed by atoms with van der Waals surface area (Å²) in [6.07, 6.45) is 6.74. The lowest BCUT2D eigenvalue weighted by Crippen LogP contribution is -2.22. The summed E-state index contributed by atoms with van der Waals surface area (Å²) in [5.41, 5.74) is 1.91. The Morgan fingerprint density at radius 3 is 2.86 bits per heavy atom. The van der Waals surface area contributed by atoms with Crippen LogP contribution in [-0.4, -0.2) is 25.7 Å². The number of nitrogens with zero attached hydrogens (tertiary/aromatic N) is 3. The summed E-state index contributed by atoms with van der Waals surface area (Å²) >= 11 is 5.13. The molecule has 8 heteroatoms. The number of H-pyrrole nitrogens is 1. The number of aromatic amines is 1. The molecule has 0 atom stereocenters. The number of benzene rings is 1. The Bertz CT molecular complexity index is 993. The Hall–Kier alpha value is -3.26. The van der Waals surface area contributed by atoms with E-state index in [2.05, 4.69) is 20.5 Å². The molecule has 1 amide bonds. The van der Waals surface area contributed by atoms with Crippen LogP contribution in [0.2, 0.25) is 0 Å². The third-order valence-corrected chi connectivity index (χ3v) is 4.32. The van der Waals surface area contributed by atoms with Crippen molar-refractivity contribution in [3.8, 4) is 5.75 Å². The van der Waals surface area contributed by atoms with Crippen LogP contribution in [0.15, 0.2) is 54.9 Å². The first kappa shape index (κ1) is 19.5. The highest BCUT2D eigenvalue weighted by Crippen LogP contribution is 2.15. The van der Waals surface area contributed by atoms with E-state index in [9.17, 15) is 4.79 Å². The summed E-state index contributed by atoms with van der Waals surface area (Å²) in [5.74, 6) is 1.26. The Balaban J connectivity index is 1.49. The van der Waals surface area contributed by atoms with E-state index >= 15 is 0 Å². The number of amides is 1. The van der Waals surface area contributed by atoms with Gasteiger partial charge in [-0.05, 0) is 49.0 Å². The predicted molar refractivity (Wildman–Crippen MR) is 109 cm³/mol. The highest BCUT2D eigenvalue weighted by atomic mass is 32.1. The Morgan fingerprint density at radius 1 is 1.32 bits per heavy atom. The molecule has 0 saturated carbocycles.